The lowest BCUT2D eigenvalue weighted by molar-refractivity contribution is 0.0690. The van der Waals surface area contributed by atoms with E-state index in [0.717, 1.165) is 11.3 Å². The number of rotatable bonds is 4. The maximum atomic E-state index is 12.2. The fourth-order valence-electron chi connectivity index (χ4n) is 2.08. The molecular weight excluding hydrogens is 298 g/mol. The number of hydrogen-bond donors (Lipinski definition) is 3. The number of para-hydroxylation sites is 1. The third kappa shape index (κ3) is 2.95. The van der Waals surface area contributed by atoms with Crippen LogP contribution in [0.1, 0.15) is 26.4 Å². The first kappa shape index (κ1) is 14.5. The number of carboxylic acid groups (broad SMARTS) is 1. The van der Waals surface area contributed by atoms with Crippen molar-refractivity contribution in [3.63, 3.8) is 0 Å². The van der Waals surface area contributed by atoms with Crippen LogP contribution in [0.25, 0.3) is 5.69 Å². The normalized spacial score (nSPS) is 10.5. The fourth-order valence-corrected chi connectivity index (χ4v) is 2.08. The molecule has 0 saturated heterocycles. The number of carbonyl (C=O) groups is 2. The van der Waals surface area contributed by atoms with E-state index in [0.29, 0.717) is 5.56 Å². The van der Waals surface area contributed by atoms with E-state index in [9.17, 15) is 9.59 Å². The Labute approximate surface area is 130 Å². The number of aromatic nitrogens is 4. The summed E-state index contributed by atoms with van der Waals surface area (Å²) in [5.41, 5.74) is 2.14. The molecule has 3 N–H and O–H groups in total. The van der Waals surface area contributed by atoms with E-state index in [4.69, 9.17) is 5.11 Å². The minimum atomic E-state index is -1.15. The van der Waals surface area contributed by atoms with Crippen LogP contribution in [0.15, 0.2) is 42.7 Å². The van der Waals surface area contributed by atoms with Gasteiger partial charge in [0.15, 0.2) is 5.82 Å². The van der Waals surface area contributed by atoms with Gasteiger partial charge < -0.3 is 10.4 Å². The molecule has 0 saturated carbocycles. The summed E-state index contributed by atoms with van der Waals surface area (Å²) in [4.78, 5) is 22.9. The van der Waals surface area contributed by atoms with Crippen molar-refractivity contribution >= 4 is 17.7 Å². The van der Waals surface area contributed by atoms with E-state index >= 15 is 0 Å². The molecule has 2 heterocycles. The Hall–Kier alpha value is -3.42. The smallest absolute Gasteiger partial charge is 0.353 e. The van der Waals surface area contributed by atoms with Crippen LogP contribution in [0.5, 0.6) is 0 Å². The van der Waals surface area contributed by atoms with Gasteiger partial charge >= 0.3 is 5.97 Å². The molecule has 1 aromatic carbocycles. The average Bonchev–Trinajstić information content (AvgIpc) is 3.16. The Morgan fingerprint density at radius 3 is 2.78 bits per heavy atom. The third-order valence-corrected chi connectivity index (χ3v) is 3.26. The number of aromatic carboxylic acids is 1. The van der Waals surface area contributed by atoms with Gasteiger partial charge in [0, 0.05) is 12.3 Å². The second-order valence-electron chi connectivity index (χ2n) is 4.89. The highest BCUT2D eigenvalue weighted by Crippen LogP contribution is 2.14. The summed E-state index contributed by atoms with van der Waals surface area (Å²) in [5.74, 6) is -1.44. The van der Waals surface area contributed by atoms with Crippen molar-refractivity contribution in [2.45, 2.75) is 6.92 Å². The standard InChI is InChI=1S/C15H13N5O3/c1-9-4-2-3-5-12(9)20-8-10(7-16-20)14(21)17-13-6-11(15(22)23)18-19-13/h2-8H,1H3,(H,22,23)(H2,17,18,19,21). The molecule has 8 nitrogen and oxygen atoms in total. The van der Waals surface area contributed by atoms with Crippen LogP contribution < -0.4 is 5.32 Å². The van der Waals surface area contributed by atoms with Gasteiger partial charge in [-0.05, 0) is 18.6 Å². The zero-order chi connectivity index (χ0) is 16.4. The number of aromatic amines is 1. The molecular formula is C15H13N5O3. The molecule has 0 atom stereocenters. The molecule has 0 aliphatic carbocycles. The maximum Gasteiger partial charge on any atom is 0.353 e. The van der Waals surface area contributed by atoms with Crippen LogP contribution >= 0.6 is 0 Å². The van der Waals surface area contributed by atoms with Crippen molar-refractivity contribution in [3.8, 4) is 5.69 Å². The molecule has 3 rings (SSSR count). The van der Waals surface area contributed by atoms with Gasteiger partial charge in [-0.25, -0.2) is 9.48 Å². The predicted octanol–water partition coefficient (Wildman–Crippen LogP) is 1.85. The maximum absolute atomic E-state index is 12.2. The van der Waals surface area contributed by atoms with Crippen LogP contribution in [0.4, 0.5) is 5.82 Å². The molecule has 0 bridgehead atoms. The first-order chi connectivity index (χ1) is 11.0. The number of H-pyrrole nitrogens is 1. The van der Waals surface area contributed by atoms with Gasteiger partial charge in [-0.1, -0.05) is 18.2 Å². The highest BCUT2D eigenvalue weighted by Gasteiger charge is 2.13. The quantitative estimate of drug-likeness (QED) is 0.680. The molecule has 0 fully saturated rings. The van der Waals surface area contributed by atoms with E-state index in [1.807, 2.05) is 31.2 Å². The third-order valence-electron chi connectivity index (χ3n) is 3.26. The van der Waals surface area contributed by atoms with Crippen molar-refractivity contribution < 1.29 is 14.7 Å². The molecule has 2 aromatic heterocycles. The van der Waals surface area contributed by atoms with E-state index < -0.39 is 11.9 Å². The van der Waals surface area contributed by atoms with E-state index in [1.54, 1.807) is 10.9 Å². The van der Waals surface area contributed by atoms with Crippen LogP contribution in [-0.2, 0) is 0 Å². The number of nitrogens with one attached hydrogen (secondary N) is 2. The number of carbonyl (C=O) groups excluding carboxylic acids is 1. The number of amides is 1. The molecule has 1 amide bonds. The summed E-state index contributed by atoms with van der Waals surface area (Å²) >= 11 is 0. The van der Waals surface area contributed by atoms with Gasteiger partial charge in [-0.15, -0.1) is 0 Å². The SMILES string of the molecule is Cc1ccccc1-n1cc(C(=O)Nc2cc(C(=O)O)[nH]n2)cn1. The molecule has 3 aromatic rings. The van der Waals surface area contributed by atoms with Gasteiger partial charge in [-0.3, -0.25) is 9.89 Å². The van der Waals surface area contributed by atoms with Gasteiger partial charge in [0.25, 0.3) is 5.91 Å². The summed E-state index contributed by atoms with van der Waals surface area (Å²) < 4.78 is 1.61. The number of aryl methyl sites for hydroxylation is 1. The molecule has 0 aliphatic heterocycles. The summed E-state index contributed by atoms with van der Waals surface area (Å²) in [6.45, 7) is 1.95. The van der Waals surface area contributed by atoms with E-state index in [2.05, 4.69) is 20.6 Å². The fraction of sp³-hybridized carbons (Fsp3) is 0.0667. The largest absolute Gasteiger partial charge is 0.477 e. The summed E-state index contributed by atoms with van der Waals surface area (Å²) in [5, 5.41) is 21.5. The number of anilines is 1. The highest BCUT2D eigenvalue weighted by atomic mass is 16.4. The lowest BCUT2D eigenvalue weighted by atomic mass is 10.2. The Morgan fingerprint density at radius 2 is 2.09 bits per heavy atom. The molecule has 0 aliphatic rings. The highest BCUT2D eigenvalue weighted by molar-refractivity contribution is 6.03. The summed E-state index contributed by atoms with van der Waals surface area (Å²) in [6, 6.07) is 8.91. The van der Waals surface area contributed by atoms with Crippen LogP contribution in [-0.4, -0.2) is 37.0 Å². The van der Waals surface area contributed by atoms with Gasteiger partial charge in [0.05, 0.1) is 17.4 Å². The Bertz CT molecular complexity index is 881. The zero-order valence-corrected chi connectivity index (χ0v) is 12.1. The monoisotopic (exact) mass is 311 g/mol. The van der Waals surface area contributed by atoms with Crippen LogP contribution in [0, 0.1) is 6.92 Å². The van der Waals surface area contributed by atoms with Crippen LogP contribution in [0.2, 0.25) is 0 Å². The second-order valence-corrected chi connectivity index (χ2v) is 4.89. The number of carboxylic acids is 1. The molecule has 0 spiro atoms. The van der Waals surface area contributed by atoms with Gasteiger partial charge in [-0.2, -0.15) is 10.2 Å². The topological polar surface area (TPSA) is 113 Å². The Kier molecular flexibility index (Phi) is 3.63. The molecule has 8 heteroatoms. The summed E-state index contributed by atoms with van der Waals surface area (Å²) in [7, 11) is 0. The van der Waals surface area contributed by atoms with Crippen molar-refractivity contribution in [1.29, 1.82) is 0 Å². The first-order valence-electron chi connectivity index (χ1n) is 6.75. The van der Waals surface area contributed by atoms with E-state index in [-0.39, 0.29) is 11.5 Å². The van der Waals surface area contributed by atoms with Crippen molar-refractivity contribution in [2.75, 3.05) is 5.32 Å². The molecule has 0 radical (unpaired) electrons. The second kappa shape index (κ2) is 5.76. The first-order valence-corrected chi connectivity index (χ1v) is 6.75. The minimum Gasteiger partial charge on any atom is -0.477 e. The number of nitrogens with zero attached hydrogens (tertiary/aromatic N) is 3. The zero-order valence-electron chi connectivity index (χ0n) is 12.1. The number of hydrogen-bond acceptors (Lipinski definition) is 4. The minimum absolute atomic E-state index is 0.101. The van der Waals surface area contributed by atoms with Gasteiger partial charge in [0.1, 0.15) is 5.69 Å². The Balaban J connectivity index is 1.78. The lowest BCUT2D eigenvalue weighted by Crippen LogP contribution is -2.11. The van der Waals surface area contributed by atoms with Gasteiger partial charge in [0.2, 0.25) is 0 Å². The molecule has 116 valence electrons. The number of benzene rings is 1. The Morgan fingerprint density at radius 1 is 1.30 bits per heavy atom. The van der Waals surface area contributed by atoms with Crippen molar-refractivity contribution in [2.24, 2.45) is 0 Å². The lowest BCUT2D eigenvalue weighted by Gasteiger charge is -2.04. The van der Waals surface area contributed by atoms with Crippen molar-refractivity contribution in [3.05, 3.63) is 59.5 Å². The van der Waals surface area contributed by atoms with E-state index in [1.165, 1.54) is 12.3 Å². The summed E-state index contributed by atoms with van der Waals surface area (Å²) in [6.07, 6.45) is 3.04. The van der Waals surface area contributed by atoms with Crippen molar-refractivity contribution in [1.82, 2.24) is 20.0 Å². The molecule has 23 heavy (non-hydrogen) atoms. The predicted molar refractivity (Wildman–Crippen MR) is 81.8 cm³/mol. The average molecular weight is 311 g/mol. The molecule has 0 unspecified atom stereocenters. The van der Waals surface area contributed by atoms with Crippen LogP contribution in [0.3, 0.4) is 0 Å².